The monoisotopic (exact) mass is 504 g/mol. The average molecular weight is 505 g/mol. The number of nitrogens with zero attached hydrogens (tertiary/aromatic N) is 3. The molecule has 1 saturated heterocycles. The third-order valence-corrected chi connectivity index (χ3v) is 6.19. The summed E-state index contributed by atoms with van der Waals surface area (Å²) in [4.78, 5) is 12.7. The number of fused-ring (bicyclic) bond motifs is 1. The summed E-state index contributed by atoms with van der Waals surface area (Å²) in [5, 5.41) is 0. The van der Waals surface area contributed by atoms with Gasteiger partial charge in [0.25, 0.3) is 0 Å². The number of hydrogen-bond acceptors (Lipinski definition) is 5. The van der Waals surface area contributed by atoms with Gasteiger partial charge in [0, 0.05) is 51.1 Å². The third-order valence-electron chi connectivity index (χ3n) is 6.19. The Kier molecular flexibility index (Phi) is 11.2. The summed E-state index contributed by atoms with van der Waals surface area (Å²) < 4.78 is 24.3. The van der Waals surface area contributed by atoms with Crippen LogP contribution in [0.1, 0.15) is 31.2 Å². The molecule has 0 bridgehead atoms. The van der Waals surface area contributed by atoms with Gasteiger partial charge in [-0.1, -0.05) is 31.2 Å². The molecular weight excluding hydrogens is 467 g/mol. The molecule has 3 aromatic rings. The molecule has 0 atom stereocenters. The molecule has 196 valence electrons. The quantitative estimate of drug-likeness (QED) is 0.236. The molecule has 0 radical (unpaired) electrons. The topological polar surface area (TPSA) is 53.6 Å². The molecular formula is C30H37FN4O2. The summed E-state index contributed by atoms with van der Waals surface area (Å²) in [5.74, 6) is 5.02. The van der Waals surface area contributed by atoms with E-state index >= 15 is 0 Å². The van der Waals surface area contributed by atoms with Gasteiger partial charge >= 0.3 is 0 Å². The number of methoxy groups -OCH3 is 2. The number of benzene rings is 2. The van der Waals surface area contributed by atoms with Crippen molar-refractivity contribution in [3.63, 3.8) is 0 Å². The SMILES string of the molecule is C#CC/C=C\C=C(/CC)OC.COc1ccc(F)c(CN2CCN(Cc3nc4ccccc4[nH]3)CC2)c1. The lowest BCUT2D eigenvalue weighted by molar-refractivity contribution is 0.119. The van der Waals surface area contributed by atoms with Crippen LogP contribution in [-0.4, -0.2) is 60.2 Å². The largest absolute Gasteiger partial charge is 0.501 e. The predicted octanol–water partition coefficient (Wildman–Crippen LogP) is 5.53. The summed E-state index contributed by atoms with van der Waals surface area (Å²) in [6.45, 7) is 7.20. The van der Waals surface area contributed by atoms with Crippen LogP contribution >= 0.6 is 0 Å². The van der Waals surface area contributed by atoms with Crippen LogP contribution in [-0.2, 0) is 17.8 Å². The van der Waals surface area contributed by atoms with Gasteiger partial charge in [0.05, 0.1) is 37.6 Å². The molecule has 6 nitrogen and oxygen atoms in total. The number of para-hydroxylation sites is 2. The minimum absolute atomic E-state index is 0.171. The lowest BCUT2D eigenvalue weighted by Gasteiger charge is -2.34. The molecule has 1 N–H and O–H groups in total. The van der Waals surface area contributed by atoms with Gasteiger partial charge in [-0.3, -0.25) is 9.80 Å². The zero-order valence-electron chi connectivity index (χ0n) is 22.0. The van der Waals surface area contributed by atoms with E-state index in [0.29, 0.717) is 24.3 Å². The molecule has 0 amide bonds. The van der Waals surface area contributed by atoms with E-state index in [1.807, 2.05) is 49.4 Å². The fourth-order valence-corrected chi connectivity index (χ4v) is 4.08. The number of aromatic amines is 1. The van der Waals surface area contributed by atoms with E-state index in [0.717, 1.165) is 61.8 Å². The van der Waals surface area contributed by atoms with E-state index in [9.17, 15) is 4.39 Å². The molecule has 1 aliphatic heterocycles. The lowest BCUT2D eigenvalue weighted by Crippen LogP contribution is -2.45. The predicted molar refractivity (Wildman–Crippen MR) is 148 cm³/mol. The number of imidazole rings is 1. The number of aromatic nitrogens is 2. The summed E-state index contributed by atoms with van der Waals surface area (Å²) in [6, 6.07) is 13.0. The van der Waals surface area contributed by atoms with Crippen LogP contribution in [0.4, 0.5) is 4.39 Å². The fraction of sp³-hybridized carbons (Fsp3) is 0.367. The molecule has 2 heterocycles. The zero-order chi connectivity index (χ0) is 26.5. The van der Waals surface area contributed by atoms with Gasteiger partial charge in [0.15, 0.2) is 0 Å². The van der Waals surface area contributed by atoms with Crippen molar-refractivity contribution >= 4 is 11.0 Å². The van der Waals surface area contributed by atoms with E-state index in [1.54, 1.807) is 26.4 Å². The minimum Gasteiger partial charge on any atom is -0.501 e. The van der Waals surface area contributed by atoms with E-state index in [4.69, 9.17) is 15.9 Å². The first-order chi connectivity index (χ1) is 18.1. The van der Waals surface area contributed by atoms with Crippen LogP contribution in [0.5, 0.6) is 5.75 Å². The van der Waals surface area contributed by atoms with Gasteiger partial charge < -0.3 is 14.5 Å². The number of H-pyrrole nitrogens is 1. The van der Waals surface area contributed by atoms with E-state index < -0.39 is 0 Å². The van der Waals surface area contributed by atoms with Crippen LogP contribution < -0.4 is 4.74 Å². The van der Waals surface area contributed by atoms with Gasteiger partial charge in [0.2, 0.25) is 0 Å². The number of piperazine rings is 1. The molecule has 1 fully saturated rings. The smallest absolute Gasteiger partial charge is 0.127 e. The second kappa shape index (κ2) is 14.8. The average Bonchev–Trinajstić information content (AvgIpc) is 3.34. The van der Waals surface area contributed by atoms with Crippen LogP contribution in [0.15, 0.2) is 66.5 Å². The first-order valence-electron chi connectivity index (χ1n) is 12.6. The Bertz CT molecular complexity index is 1180. The molecule has 0 saturated carbocycles. The molecule has 7 heteroatoms. The molecule has 1 aromatic heterocycles. The van der Waals surface area contributed by atoms with Gasteiger partial charge in [-0.25, -0.2) is 9.37 Å². The van der Waals surface area contributed by atoms with Crippen molar-refractivity contribution < 1.29 is 13.9 Å². The van der Waals surface area contributed by atoms with Crippen molar-refractivity contribution in [3.8, 4) is 18.1 Å². The summed E-state index contributed by atoms with van der Waals surface area (Å²) in [7, 11) is 3.28. The number of allylic oxidation sites excluding steroid dienone is 4. The highest BCUT2D eigenvalue weighted by molar-refractivity contribution is 5.74. The Hall–Kier alpha value is -3.60. The van der Waals surface area contributed by atoms with Crippen LogP contribution in [0.3, 0.4) is 0 Å². The van der Waals surface area contributed by atoms with Gasteiger partial charge in [-0.05, 0) is 36.4 Å². The lowest BCUT2D eigenvalue weighted by atomic mass is 10.1. The molecule has 0 unspecified atom stereocenters. The van der Waals surface area contributed by atoms with Crippen molar-refractivity contribution in [1.82, 2.24) is 19.8 Å². The molecule has 4 rings (SSSR count). The zero-order valence-corrected chi connectivity index (χ0v) is 22.0. The molecule has 0 aliphatic carbocycles. The number of halogens is 1. The highest BCUT2D eigenvalue weighted by atomic mass is 19.1. The normalized spacial score (nSPS) is 14.8. The first kappa shape index (κ1) is 28.0. The molecule has 0 spiro atoms. The second-order valence-corrected chi connectivity index (χ2v) is 8.74. The van der Waals surface area contributed by atoms with Crippen molar-refractivity contribution in [2.75, 3.05) is 40.4 Å². The maximum Gasteiger partial charge on any atom is 0.127 e. The van der Waals surface area contributed by atoms with Gasteiger partial charge in [-0.2, -0.15) is 0 Å². The van der Waals surface area contributed by atoms with Crippen molar-refractivity contribution in [2.45, 2.75) is 32.9 Å². The summed E-state index contributed by atoms with van der Waals surface area (Å²) in [6.07, 6.45) is 12.4. The number of hydrogen-bond donors (Lipinski definition) is 1. The highest BCUT2D eigenvalue weighted by Crippen LogP contribution is 2.19. The number of ether oxygens (including phenoxy) is 2. The van der Waals surface area contributed by atoms with Crippen LogP contribution in [0.2, 0.25) is 0 Å². The fourth-order valence-electron chi connectivity index (χ4n) is 4.08. The number of nitrogens with one attached hydrogen (secondary N) is 1. The van der Waals surface area contributed by atoms with E-state index in [1.165, 1.54) is 6.07 Å². The van der Waals surface area contributed by atoms with Crippen molar-refractivity contribution in [2.24, 2.45) is 0 Å². The van der Waals surface area contributed by atoms with Crippen molar-refractivity contribution in [3.05, 3.63) is 83.7 Å². The van der Waals surface area contributed by atoms with Crippen LogP contribution in [0.25, 0.3) is 11.0 Å². The number of terminal acetylenes is 1. The third kappa shape index (κ3) is 8.78. The Balaban J connectivity index is 0.000000295. The molecule has 2 aromatic carbocycles. The first-order valence-corrected chi connectivity index (χ1v) is 12.6. The Morgan fingerprint density at radius 3 is 2.49 bits per heavy atom. The van der Waals surface area contributed by atoms with E-state index in [2.05, 4.69) is 25.7 Å². The number of rotatable bonds is 9. The Morgan fingerprint density at radius 1 is 1.11 bits per heavy atom. The maximum absolute atomic E-state index is 14.0. The Labute approximate surface area is 219 Å². The van der Waals surface area contributed by atoms with Crippen LogP contribution in [0, 0.1) is 18.2 Å². The molecule has 1 aliphatic rings. The molecule has 37 heavy (non-hydrogen) atoms. The maximum atomic E-state index is 14.0. The second-order valence-electron chi connectivity index (χ2n) is 8.74. The Morgan fingerprint density at radius 2 is 1.84 bits per heavy atom. The van der Waals surface area contributed by atoms with Gasteiger partial charge in [-0.15, -0.1) is 12.3 Å². The summed E-state index contributed by atoms with van der Waals surface area (Å²) >= 11 is 0. The van der Waals surface area contributed by atoms with E-state index in [-0.39, 0.29) is 5.82 Å². The summed E-state index contributed by atoms with van der Waals surface area (Å²) in [5.41, 5.74) is 2.78. The standard InChI is InChI=1S/C20H23FN4O.C10H14O/c1-26-16-6-7-17(21)15(12-16)13-24-8-10-25(11-9-24)14-20-22-18-4-2-3-5-19(18)23-20;1-4-6-7-8-9-10(5-2)11-3/h2-7,12H,8-11,13-14H2,1H3,(H,22,23);1,7-9H,5-6H2,2-3H3/b;8-7-,10-9+. The highest BCUT2D eigenvalue weighted by Gasteiger charge is 2.19. The van der Waals surface area contributed by atoms with Gasteiger partial charge in [0.1, 0.15) is 17.4 Å². The van der Waals surface area contributed by atoms with Crippen molar-refractivity contribution in [1.29, 1.82) is 0 Å². The minimum atomic E-state index is -0.171.